The minimum atomic E-state index is -4.47. The van der Waals surface area contributed by atoms with Crippen LogP contribution in [0.3, 0.4) is 0 Å². The first kappa shape index (κ1) is 21.4. The van der Waals surface area contributed by atoms with Crippen LogP contribution in [0.25, 0.3) is 0 Å². The van der Waals surface area contributed by atoms with Crippen molar-refractivity contribution in [3.63, 3.8) is 0 Å². The second-order valence-electron chi connectivity index (χ2n) is 7.14. The van der Waals surface area contributed by atoms with Gasteiger partial charge in [-0.2, -0.15) is 13.2 Å². The first-order valence-electron chi connectivity index (χ1n) is 9.15. The van der Waals surface area contributed by atoms with Crippen LogP contribution in [0, 0.1) is 19.8 Å². The number of likely N-dealkylation sites (tertiary alicyclic amines) is 1. The Balaban J connectivity index is 1.57. The largest absolute Gasteiger partial charge is 0.466 e. The third-order valence-corrected chi connectivity index (χ3v) is 4.80. The van der Waals surface area contributed by atoms with E-state index >= 15 is 0 Å². The van der Waals surface area contributed by atoms with E-state index in [0.29, 0.717) is 17.1 Å². The minimum Gasteiger partial charge on any atom is -0.466 e. The van der Waals surface area contributed by atoms with Gasteiger partial charge in [0.2, 0.25) is 11.8 Å². The van der Waals surface area contributed by atoms with Crippen LogP contribution in [0.2, 0.25) is 0 Å². The zero-order chi connectivity index (χ0) is 22.1. The van der Waals surface area contributed by atoms with Crippen LogP contribution in [0.1, 0.15) is 39.4 Å². The summed E-state index contributed by atoms with van der Waals surface area (Å²) < 4.78 is 43.8. The average Bonchev–Trinajstić information content (AvgIpc) is 3.20. The number of carbonyl (C=O) groups is 3. The van der Waals surface area contributed by atoms with E-state index < -0.39 is 29.5 Å². The molecule has 0 aliphatic carbocycles. The lowest BCUT2D eigenvalue weighted by atomic mass is 10.1. The summed E-state index contributed by atoms with van der Waals surface area (Å²) in [5, 5.41) is 0. The number of amides is 3. The Morgan fingerprint density at radius 2 is 1.93 bits per heavy atom. The molecule has 1 saturated heterocycles. The van der Waals surface area contributed by atoms with Gasteiger partial charge >= 0.3 is 6.18 Å². The van der Waals surface area contributed by atoms with E-state index in [9.17, 15) is 27.6 Å². The molecule has 2 aromatic rings. The number of furan rings is 1. The fourth-order valence-corrected chi connectivity index (χ4v) is 3.31. The summed E-state index contributed by atoms with van der Waals surface area (Å²) in [6.45, 7) is 3.31. The monoisotopic (exact) mass is 423 g/mol. The Bertz CT molecular complexity index is 984. The standard InChI is InChI=1S/C20H20F3N3O4/c1-11-6-16(12(2)30-11)19(29)25-24-18(28)14-8-17(27)26(10-14)9-13-4-3-5-15(7-13)20(21,22)23/h3-7,14H,8-10H2,1-2H3,(H,24,28)(H,25,29). The highest BCUT2D eigenvalue weighted by Crippen LogP contribution is 2.30. The number of hydrazine groups is 1. The molecule has 1 aliphatic rings. The van der Waals surface area contributed by atoms with Crippen LogP contribution in [0.15, 0.2) is 34.7 Å². The van der Waals surface area contributed by atoms with Crippen LogP contribution in [0.5, 0.6) is 0 Å². The van der Waals surface area contributed by atoms with Gasteiger partial charge in [-0.15, -0.1) is 0 Å². The number of alkyl halides is 3. The van der Waals surface area contributed by atoms with Crippen LogP contribution >= 0.6 is 0 Å². The summed E-state index contributed by atoms with van der Waals surface area (Å²) in [5.41, 5.74) is 4.36. The van der Waals surface area contributed by atoms with Gasteiger partial charge in [0.15, 0.2) is 0 Å². The zero-order valence-electron chi connectivity index (χ0n) is 16.3. The molecule has 3 rings (SSSR count). The van der Waals surface area contributed by atoms with Crippen LogP contribution < -0.4 is 10.9 Å². The molecule has 1 aliphatic heterocycles. The predicted molar refractivity (Wildman–Crippen MR) is 98.8 cm³/mol. The van der Waals surface area contributed by atoms with Crippen molar-refractivity contribution in [1.29, 1.82) is 0 Å². The number of nitrogens with zero attached hydrogens (tertiary/aromatic N) is 1. The Morgan fingerprint density at radius 1 is 1.20 bits per heavy atom. The van der Waals surface area contributed by atoms with Crippen molar-refractivity contribution in [2.75, 3.05) is 6.54 Å². The lowest BCUT2D eigenvalue weighted by Gasteiger charge is -2.17. The molecule has 10 heteroatoms. The first-order chi connectivity index (χ1) is 14.0. The molecule has 1 atom stereocenters. The number of carbonyl (C=O) groups excluding carboxylic acids is 3. The van der Waals surface area contributed by atoms with Crippen molar-refractivity contribution in [1.82, 2.24) is 15.8 Å². The second kappa shape index (κ2) is 8.21. The molecule has 1 fully saturated rings. The second-order valence-corrected chi connectivity index (χ2v) is 7.14. The van der Waals surface area contributed by atoms with Crippen molar-refractivity contribution < 1.29 is 32.0 Å². The van der Waals surface area contributed by atoms with Crippen molar-refractivity contribution in [2.45, 2.75) is 33.0 Å². The normalized spacial score (nSPS) is 16.6. The molecule has 2 N–H and O–H groups in total. The van der Waals surface area contributed by atoms with Crippen molar-refractivity contribution >= 4 is 17.7 Å². The third kappa shape index (κ3) is 4.81. The first-order valence-corrected chi connectivity index (χ1v) is 9.15. The molecule has 1 unspecified atom stereocenters. The van der Waals surface area contributed by atoms with Gasteiger partial charge in [-0.1, -0.05) is 12.1 Å². The van der Waals surface area contributed by atoms with E-state index in [0.717, 1.165) is 12.1 Å². The summed E-state index contributed by atoms with van der Waals surface area (Å²) >= 11 is 0. The molecule has 0 saturated carbocycles. The number of benzene rings is 1. The summed E-state index contributed by atoms with van der Waals surface area (Å²) in [6, 6.07) is 6.24. The number of rotatable bonds is 4. The van der Waals surface area contributed by atoms with Crippen molar-refractivity contribution in [2.24, 2.45) is 5.92 Å². The number of hydrogen-bond acceptors (Lipinski definition) is 4. The van der Waals surface area contributed by atoms with Crippen LogP contribution in [-0.4, -0.2) is 29.2 Å². The summed E-state index contributed by atoms with van der Waals surface area (Å²) in [5.74, 6) is -1.22. The molecule has 0 bridgehead atoms. The lowest BCUT2D eigenvalue weighted by molar-refractivity contribution is -0.137. The van der Waals surface area contributed by atoms with Gasteiger partial charge in [0.25, 0.3) is 5.91 Å². The molecule has 2 heterocycles. The van der Waals surface area contributed by atoms with Crippen LogP contribution in [-0.2, 0) is 22.3 Å². The number of halogens is 3. The molecule has 0 radical (unpaired) electrons. The molecule has 3 amide bonds. The van der Waals surface area contributed by atoms with Crippen molar-refractivity contribution in [3.05, 3.63) is 58.5 Å². The fourth-order valence-electron chi connectivity index (χ4n) is 3.31. The maximum absolute atomic E-state index is 12.9. The van der Waals surface area contributed by atoms with E-state index in [1.54, 1.807) is 13.8 Å². The Kier molecular flexibility index (Phi) is 5.86. The predicted octanol–water partition coefficient (Wildman–Crippen LogP) is 2.72. The highest BCUT2D eigenvalue weighted by Gasteiger charge is 2.35. The quantitative estimate of drug-likeness (QED) is 0.740. The van der Waals surface area contributed by atoms with Crippen LogP contribution in [0.4, 0.5) is 13.2 Å². The maximum atomic E-state index is 12.9. The Hall–Kier alpha value is -3.30. The van der Waals surface area contributed by atoms with E-state index in [2.05, 4.69) is 10.9 Å². The van der Waals surface area contributed by atoms with E-state index in [4.69, 9.17) is 4.42 Å². The third-order valence-electron chi connectivity index (χ3n) is 4.80. The average molecular weight is 423 g/mol. The Labute approximate surface area is 170 Å². The van der Waals surface area contributed by atoms with Gasteiger partial charge in [0, 0.05) is 19.5 Å². The smallest absolute Gasteiger partial charge is 0.416 e. The molecule has 1 aromatic heterocycles. The molecular formula is C20H20F3N3O4. The summed E-state index contributed by atoms with van der Waals surface area (Å²) in [7, 11) is 0. The van der Waals surface area contributed by atoms with E-state index in [1.165, 1.54) is 23.1 Å². The molecule has 160 valence electrons. The molecule has 1 aromatic carbocycles. The zero-order valence-corrected chi connectivity index (χ0v) is 16.3. The number of aryl methyl sites for hydroxylation is 2. The molecule has 0 spiro atoms. The maximum Gasteiger partial charge on any atom is 0.416 e. The minimum absolute atomic E-state index is 0.0353. The van der Waals surface area contributed by atoms with Gasteiger partial charge in [0.1, 0.15) is 11.5 Å². The summed E-state index contributed by atoms with van der Waals surface area (Å²) in [6.07, 6.45) is -4.57. The van der Waals surface area contributed by atoms with Gasteiger partial charge in [-0.25, -0.2) is 0 Å². The van der Waals surface area contributed by atoms with Crippen molar-refractivity contribution in [3.8, 4) is 0 Å². The molecular weight excluding hydrogens is 403 g/mol. The summed E-state index contributed by atoms with van der Waals surface area (Å²) in [4.78, 5) is 38.0. The number of hydrogen-bond donors (Lipinski definition) is 2. The Morgan fingerprint density at radius 3 is 2.57 bits per heavy atom. The molecule has 30 heavy (non-hydrogen) atoms. The van der Waals surface area contributed by atoms with Gasteiger partial charge in [-0.3, -0.25) is 25.2 Å². The highest BCUT2D eigenvalue weighted by molar-refractivity contribution is 5.97. The van der Waals surface area contributed by atoms with Gasteiger partial charge < -0.3 is 9.32 Å². The van der Waals surface area contributed by atoms with Gasteiger partial charge in [-0.05, 0) is 37.6 Å². The van der Waals surface area contributed by atoms with E-state index in [1.807, 2.05) is 0 Å². The SMILES string of the molecule is Cc1cc(C(=O)NNC(=O)C2CC(=O)N(Cc3cccc(C(F)(F)F)c3)C2)c(C)o1. The lowest BCUT2D eigenvalue weighted by Crippen LogP contribution is -2.45. The number of nitrogens with one attached hydrogen (secondary N) is 2. The molecule has 7 nitrogen and oxygen atoms in total. The van der Waals surface area contributed by atoms with E-state index in [-0.39, 0.29) is 31.0 Å². The van der Waals surface area contributed by atoms with Gasteiger partial charge in [0.05, 0.1) is 17.0 Å². The topological polar surface area (TPSA) is 91.7 Å². The fraction of sp³-hybridized carbons (Fsp3) is 0.350. The highest BCUT2D eigenvalue weighted by atomic mass is 19.4.